The van der Waals surface area contributed by atoms with E-state index in [-0.39, 0.29) is 19.0 Å². The molecule has 0 bridgehead atoms. The lowest BCUT2D eigenvalue weighted by atomic mass is 10.2. The molecule has 4 aromatic rings. The van der Waals surface area contributed by atoms with E-state index in [4.69, 9.17) is 0 Å². The van der Waals surface area contributed by atoms with Gasteiger partial charge in [-0.2, -0.15) is 5.10 Å². The zero-order chi connectivity index (χ0) is 22.8. The van der Waals surface area contributed by atoms with Crippen LogP contribution in [0.4, 0.5) is 0 Å². The van der Waals surface area contributed by atoms with Crippen LogP contribution in [0.2, 0.25) is 0 Å². The Morgan fingerprint density at radius 1 is 1.00 bits per heavy atom. The number of benzene rings is 1. The van der Waals surface area contributed by atoms with Crippen molar-refractivity contribution < 1.29 is 4.79 Å². The number of pyridine rings is 1. The van der Waals surface area contributed by atoms with Gasteiger partial charge >= 0.3 is 11.1 Å². The molecule has 0 spiro atoms. The van der Waals surface area contributed by atoms with E-state index in [0.29, 0.717) is 17.7 Å². The van der Waals surface area contributed by atoms with Crippen LogP contribution in [0.25, 0.3) is 11.2 Å². The molecule has 0 aliphatic rings. The summed E-state index contributed by atoms with van der Waals surface area (Å²) >= 11 is 0. The summed E-state index contributed by atoms with van der Waals surface area (Å²) < 4.78 is 4.29. The number of rotatable bonds is 6. The van der Waals surface area contributed by atoms with Crippen LogP contribution < -0.4 is 16.4 Å². The molecule has 1 N–H and O–H groups in total. The Bertz CT molecular complexity index is 1420. The number of hydrogen-bond acceptors (Lipinski definition) is 5. The lowest BCUT2D eigenvalue weighted by molar-refractivity contribution is -0.121. The number of nitrogens with zero attached hydrogens (tertiary/aromatic N) is 5. The Morgan fingerprint density at radius 2 is 1.72 bits per heavy atom. The Labute approximate surface area is 184 Å². The first-order valence-corrected chi connectivity index (χ1v) is 10.2. The van der Waals surface area contributed by atoms with Crippen LogP contribution in [0.1, 0.15) is 22.5 Å². The van der Waals surface area contributed by atoms with Gasteiger partial charge in [-0.1, -0.05) is 30.3 Å². The van der Waals surface area contributed by atoms with E-state index in [2.05, 4.69) is 15.4 Å². The fraction of sp³-hybridized carbons (Fsp3) is 0.261. The van der Waals surface area contributed by atoms with Gasteiger partial charge in [0.1, 0.15) is 6.54 Å². The zero-order valence-corrected chi connectivity index (χ0v) is 18.2. The second-order valence-corrected chi connectivity index (χ2v) is 7.66. The minimum absolute atomic E-state index is 0.217. The van der Waals surface area contributed by atoms with Crippen LogP contribution in [0.3, 0.4) is 0 Å². The Hall–Kier alpha value is -4.01. The molecule has 0 saturated carbocycles. The molecule has 0 fully saturated rings. The predicted molar refractivity (Wildman–Crippen MR) is 120 cm³/mol. The number of carbonyl (C=O) groups is 1. The highest BCUT2D eigenvalue weighted by atomic mass is 16.2. The largest absolute Gasteiger partial charge is 0.350 e. The third-order valence-corrected chi connectivity index (χ3v) is 5.59. The molecule has 0 unspecified atom stereocenters. The molecule has 1 amide bonds. The Morgan fingerprint density at radius 3 is 2.41 bits per heavy atom. The number of aromatic nitrogens is 5. The quantitative estimate of drug-likeness (QED) is 0.462. The van der Waals surface area contributed by atoms with Crippen molar-refractivity contribution in [3.8, 4) is 0 Å². The van der Waals surface area contributed by atoms with E-state index in [1.807, 2.05) is 51.2 Å². The molecule has 1 aromatic carbocycles. The van der Waals surface area contributed by atoms with Crippen LogP contribution in [0, 0.1) is 13.8 Å². The molecule has 0 radical (unpaired) electrons. The van der Waals surface area contributed by atoms with Crippen molar-refractivity contribution in [2.75, 3.05) is 0 Å². The molecule has 164 valence electrons. The minimum Gasteiger partial charge on any atom is -0.350 e. The first kappa shape index (κ1) is 21.2. The average Bonchev–Trinajstić information content (AvgIpc) is 3.04. The number of hydrogen-bond donors (Lipinski definition) is 1. The van der Waals surface area contributed by atoms with E-state index in [1.165, 1.54) is 9.13 Å². The summed E-state index contributed by atoms with van der Waals surface area (Å²) in [5.41, 5.74) is 2.90. The molecular weight excluding hydrogens is 408 g/mol. The summed E-state index contributed by atoms with van der Waals surface area (Å²) in [6.45, 7) is 4.04. The van der Waals surface area contributed by atoms with Gasteiger partial charge in [-0.05, 0) is 31.5 Å². The first-order valence-electron chi connectivity index (χ1n) is 10.2. The lowest BCUT2D eigenvalue weighted by Gasteiger charge is -2.14. The van der Waals surface area contributed by atoms with Gasteiger partial charge in [-0.3, -0.25) is 28.2 Å². The number of fused-ring (bicyclic) bond motifs is 1. The van der Waals surface area contributed by atoms with Gasteiger partial charge in [-0.25, -0.2) is 4.98 Å². The molecular formula is C23H24N6O3. The molecule has 3 aromatic heterocycles. The molecule has 0 aliphatic carbocycles. The molecule has 4 rings (SSSR count). The molecule has 9 nitrogen and oxygen atoms in total. The molecule has 9 heteroatoms. The van der Waals surface area contributed by atoms with E-state index in [0.717, 1.165) is 22.5 Å². The SMILES string of the molecule is Cc1nn(C)c(C)c1CNC(=O)Cn1c(=O)c(=O)n(Cc2ccccc2)c2ncccc21. The molecule has 0 aliphatic heterocycles. The third kappa shape index (κ3) is 3.96. The molecule has 32 heavy (non-hydrogen) atoms. The normalized spacial score (nSPS) is 11.1. The predicted octanol–water partition coefficient (Wildman–Crippen LogP) is 1.27. The maximum absolute atomic E-state index is 12.9. The summed E-state index contributed by atoms with van der Waals surface area (Å²) in [7, 11) is 1.84. The van der Waals surface area contributed by atoms with Crippen LogP contribution in [-0.4, -0.2) is 29.8 Å². The summed E-state index contributed by atoms with van der Waals surface area (Å²) in [6.07, 6.45) is 1.56. The van der Waals surface area contributed by atoms with Crippen molar-refractivity contribution in [1.82, 2.24) is 29.2 Å². The number of amides is 1. The highest BCUT2D eigenvalue weighted by molar-refractivity contribution is 5.78. The van der Waals surface area contributed by atoms with Gasteiger partial charge in [0, 0.05) is 31.0 Å². The van der Waals surface area contributed by atoms with E-state index in [1.54, 1.807) is 23.0 Å². The fourth-order valence-corrected chi connectivity index (χ4v) is 3.77. The highest BCUT2D eigenvalue weighted by Crippen LogP contribution is 2.12. The average molecular weight is 432 g/mol. The van der Waals surface area contributed by atoms with E-state index in [9.17, 15) is 14.4 Å². The van der Waals surface area contributed by atoms with Gasteiger partial charge in [0.15, 0.2) is 5.65 Å². The summed E-state index contributed by atoms with van der Waals surface area (Å²) in [4.78, 5) is 42.8. The number of aryl methyl sites for hydroxylation is 2. The first-order chi connectivity index (χ1) is 15.4. The highest BCUT2D eigenvalue weighted by Gasteiger charge is 2.17. The second kappa shape index (κ2) is 8.62. The monoisotopic (exact) mass is 432 g/mol. The van der Waals surface area contributed by atoms with Crippen LogP contribution in [0.5, 0.6) is 0 Å². The number of carbonyl (C=O) groups excluding carboxylic acids is 1. The smallest absolute Gasteiger partial charge is 0.318 e. The molecule has 0 saturated heterocycles. The van der Waals surface area contributed by atoms with Crippen LogP contribution >= 0.6 is 0 Å². The Kier molecular flexibility index (Phi) is 5.72. The fourth-order valence-electron chi connectivity index (χ4n) is 3.77. The molecule has 3 heterocycles. The minimum atomic E-state index is -0.759. The van der Waals surface area contributed by atoms with Gasteiger partial charge in [0.05, 0.1) is 17.8 Å². The van der Waals surface area contributed by atoms with Gasteiger partial charge < -0.3 is 5.32 Å². The van der Waals surface area contributed by atoms with Crippen molar-refractivity contribution in [2.24, 2.45) is 7.05 Å². The lowest BCUT2D eigenvalue weighted by Crippen LogP contribution is -2.44. The maximum Gasteiger partial charge on any atom is 0.318 e. The molecule has 0 atom stereocenters. The van der Waals surface area contributed by atoms with E-state index >= 15 is 0 Å². The van der Waals surface area contributed by atoms with Gasteiger partial charge in [-0.15, -0.1) is 0 Å². The van der Waals surface area contributed by atoms with E-state index < -0.39 is 11.1 Å². The van der Waals surface area contributed by atoms with Crippen LogP contribution in [-0.2, 0) is 31.5 Å². The Balaban J connectivity index is 1.65. The van der Waals surface area contributed by atoms with Crippen molar-refractivity contribution in [3.05, 3.63) is 91.9 Å². The summed E-state index contributed by atoms with van der Waals surface area (Å²) in [5, 5.41) is 7.17. The maximum atomic E-state index is 12.9. The van der Waals surface area contributed by atoms with Crippen molar-refractivity contribution in [1.29, 1.82) is 0 Å². The third-order valence-electron chi connectivity index (χ3n) is 5.59. The topological polar surface area (TPSA) is 104 Å². The van der Waals surface area contributed by atoms with Crippen molar-refractivity contribution in [2.45, 2.75) is 33.5 Å². The van der Waals surface area contributed by atoms with Crippen LogP contribution in [0.15, 0.2) is 58.3 Å². The summed E-state index contributed by atoms with van der Waals surface area (Å²) in [5.74, 6) is -0.375. The van der Waals surface area contributed by atoms with Gasteiger partial charge in [0.25, 0.3) is 0 Å². The zero-order valence-electron chi connectivity index (χ0n) is 18.2. The number of nitrogens with one attached hydrogen (secondary N) is 1. The van der Waals surface area contributed by atoms with Gasteiger partial charge in [0.2, 0.25) is 5.91 Å². The standard InChI is InChI=1S/C23H24N6O3/c1-15-18(16(2)27(3)26-15)12-25-20(30)14-28-19-10-7-11-24-21(19)29(23(32)22(28)31)13-17-8-5-4-6-9-17/h4-11H,12-14H2,1-3H3,(H,25,30). The van der Waals surface area contributed by atoms with Crippen molar-refractivity contribution in [3.63, 3.8) is 0 Å². The second-order valence-electron chi connectivity index (χ2n) is 7.66. The van der Waals surface area contributed by atoms with Crippen molar-refractivity contribution >= 4 is 17.1 Å². The summed E-state index contributed by atoms with van der Waals surface area (Å²) in [6, 6.07) is 12.7.